The first kappa shape index (κ1) is 18.4. The minimum atomic E-state index is -1.01. The van der Waals surface area contributed by atoms with Gasteiger partial charge in [-0.2, -0.15) is 5.10 Å². The van der Waals surface area contributed by atoms with Gasteiger partial charge in [0.2, 0.25) is 5.78 Å². The fraction of sp³-hybridized carbons (Fsp3) is 0.0909. The highest BCUT2D eigenvalue weighted by Gasteiger charge is 2.21. The van der Waals surface area contributed by atoms with Crippen molar-refractivity contribution in [2.45, 2.75) is 6.92 Å². The Labute approximate surface area is 166 Å². The van der Waals surface area contributed by atoms with Gasteiger partial charge >= 0.3 is 5.97 Å². The molecule has 0 amide bonds. The number of carboxylic acids is 1. The van der Waals surface area contributed by atoms with Gasteiger partial charge in [0.1, 0.15) is 11.3 Å². The molecule has 0 bridgehead atoms. The van der Waals surface area contributed by atoms with E-state index in [1.165, 1.54) is 6.08 Å². The molecule has 4 rings (SSSR count). The van der Waals surface area contributed by atoms with Gasteiger partial charge in [-0.25, -0.2) is 9.78 Å². The van der Waals surface area contributed by atoms with E-state index in [1.807, 2.05) is 37.3 Å². The molecule has 2 N–H and O–H groups in total. The number of fused-ring (bicyclic) bond motifs is 1. The monoisotopic (exact) mass is 386 g/mol. The number of hydrogen-bond acceptors (Lipinski definition) is 4. The van der Waals surface area contributed by atoms with Crippen LogP contribution in [0, 0.1) is 6.92 Å². The summed E-state index contributed by atoms with van der Waals surface area (Å²) in [6.45, 7) is 1.84. The number of carbonyl (C=O) groups is 2. The van der Waals surface area contributed by atoms with Crippen LogP contribution in [0.3, 0.4) is 0 Å². The maximum atomic E-state index is 13.2. The molecule has 0 atom stereocenters. The number of ketones is 1. The predicted molar refractivity (Wildman–Crippen MR) is 110 cm³/mol. The van der Waals surface area contributed by atoms with Crippen molar-refractivity contribution >= 4 is 28.9 Å². The van der Waals surface area contributed by atoms with E-state index >= 15 is 0 Å². The molecule has 0 aliphatic rings. The maximum absolute atomic E-state index is 13.2. The van der Waals surface area contributed by atoms with Crippen molar-refractivity contribution in [3.63, 3.8) is 0 Å². The van der Waals surface area contributed by atoms with Gasteiger partial charge in [0.25, 0.3) is 0 Å². The van der Waals surface area contributed by atoms with Gasteiger partial charge in [0.05, 0.1) is 11.3 Å². The highest BCUT2D eigenvalue weighted by Crippen LogP contribution is 2.32. The Morgan fingerprint density at radius 1 is 1.21 bits per heavy atom. The zero-order valence-electron chi connectivity index (χ0n) is 15.9. The molecular weight excluding hydrogens is 368 g/mol. The number of aromatic amines is 1. The molecule has 0 aliphatic heterocycles. The van der Waals surface area contributed by atoms with E-state index in [0.29, 0.717) is 16.9 Å². The van der Waals surface area contributed by atoms with Crippen LogP contribution in [0.1, 0.15) is 27.3 Å². The molecule has 0 unspecified atom stereocenters. The Morgan fingerprint density at radius 2 is 2.03 bits per heavy atom. The number of hydrogen-bond donors (Lipinski definition) is 2. The average molecular weight is 386 g/mol. The van der Waals surface area contributed by atoms with Gasteiger partial charge in [0.15, 0.2) is 0 Å². The van der Waals surface area contributed by atoms with Crippen LogP contribution in [-0.4, -0.2) is 36.6 Å². The minimum absolute atomic E-state index is 0.143. The Morgan fingerprint density at radius 3 is 2.76 bits per heavy atom. The number of nitrogens with one attached hydrogen (secondary N) is 1. The summed E-state index contributed by atoms with van der Waals surface area (Å²) in [4.78, 5) is 31.4. The number of benzene rings is 1. The molecule has 0 spiro atoms. The lowest BCUT2D eigenvalue weighted by Crippen LogP contribution is -2.08. The first-order valence-electron chi connectivity index (χ1n) is 8.97. The first-order valence-corrected chi connectivity index (χ1v) is 8.97. The number of rotatable bonds is 5. The molecule has 1 aromatic carbocycles. The third kappa shape index (κ3) is 3.45. The minimum Gasteiger partial charge on any atom is -0.478 e. The molecule has 3 heterocycles. The van der Waals surface area contributed by atoms with Gasteiger partial charge in [-0.05, 0) is 47.9 Å². The molecule has 0 radical (unpaired) electrons. The molecule has 3 aromatic heterocycles. The SMILES string of the molecule is Cc1cc(C(=O)c2c[nH]c3nccc(-c4cccc(C=CC(=O)O)c4)c23)n(C)n1. The second kappa shape index (κ2) is 7.20. The molecule has 7 heteroatoms. The van der Waals surface area contributed by atoms with E-state index in [9.17, 15) is 9.59 Å². The number of aliphatic carboxylic acids is 1. The van der Waals surface area contributed by atoms with E-state index < -0.39 is 5.97 Å². The largest absolute Gasteiger partial charge is 0.478 e. The number of H-pyrrole nitrogens is 1. The van der Waals surface area contributed by atoms with Crippen molar-refractivity contribution in [1.29, 1.82) is 0 Å². The van der Waals surface area contributed by atoms with Crippen LogP contribution < -0.4 is 0 Å². The van der Waals surface area contributed by atoms with Crippen molar-refractivity contribution in [1.82, 2.24) is 19.7 Å². The Bertz CT molecular complexity index is 1280. The summed E-state index contributed by atoms with van der Waals surface area (Å²) < 4.78 is 1.57. The zero-order chi connectivity index (χ0) is 20.5. The van der Waals surface area contributed by atoms with Gasteiger partial charge in [-0.15, -0.1) is 0 Å². The van der Waals surface area contributed by atoms with Crippen LogP contribution in [-0.2, 0) is 11.8 Å². The van der Waals surface area contributed by atoms with Crippen LogP contribution in [0.5, 0.6) is 0 Å². The molecule has 0 aliphatic carbocycles. The second-order valence-electron chi connectivity index (χ2n) is 6.71. The fourth-order valence-electron chi connectivity index (χ4n) is 3.41. The summed E-state index contributed by atoms with van der Waals surface area (Å²) in [7, 11) is 1.74. The zero-order valence-corrected chi connectivity index (χ0v) is 15.9. The molecule has 4 aromatic rings. The van der Waals surface area contributed by atoms with Crippen molar-refractivity contribution in [2.75, 3.05) is 0 Å². The summed E-state index contributed by atoms with van der Waals surface area (Å²) >= 11 is 0. The van der Waals surface area contributed by atoms with Crippen molar-refractivity contribution < 1.29 is 14.7 Å². The van der Waals surface area contributed by atoms with E-state index in [4.69, 9.17) is 5.11 Å². The fourth-order valence-corrected chi connectivity index (χ4v) is 3.41. The molecule has 7 nitrogen and oxygen atoms in total. The lowest BCUT2D eigenvalue weighted by Gasteiger charge is -2.07. The standard InChI is InChI=1S/C22H18N4O3/c1-13-10-18(26(2)25-13)21(29)17-12-24-22-20(17)16(8-9-23-22)15-5-3-4-14(11-15)6-7-19(27)28/h3-12H,1-2H3,(H,23,24)(H,27,28). The molecule has 0 saturated heterocycles. The van der Waals surface area contributed by atoms with Crippen molar-refractivity contribution in [2.24, 2.45) is 7.05 Å². The predicted octanol–water partition coefficient (Wildman–Crippen LogP) is 3.60. The number of aryl methyl sites for hydroxylation is 2. The number of nitrogens with zero attached hydrogens (tertiary/aromatic N) is 3. The number of pyridine rings is 1. The highest BCUT2D eigenvalue weighted by molar-refractivity contribution is 6.18. The van der Waals surface area contributed by atoms with Crippen LogP contribution in [0.15, 0.2) is 54.9 Å². The van der Waals surface area contributed by atoms with Crippen LogP contribution >= 0.6 is 0 Å². The van der Waals surface area contributed by atoms with Gasteiger partial charge in [-0.1, -0.05) is 18.2 Å². The van der Waals surface area contributed by atoms with Crippen LogP contribution in [0.2, 0.25) is 0 Å². The van der Waals surface area contributed by atoms with Crippen LogP contribution in [0.4, 0.5) is 0 Å². The summed E-state index contributed by atoms with van der Waals surface area (Å²) in [5, 5.41) is 13.8. The van der Waals surface area contributed by atoms with Gasteiger partial charge in [0, 0.05) is 30.9 Å². The molecule has 0 fully saturated rings. The second-order valence-corrected chi connectivity index (χ2v) is 6.71. The van der Waals surface area contributed by atoms with E-state index in [-0.39, 0.29) is 5.78 Å². The van der Waals surface area contributed by atoms with Crippen molar-refractivity contribution in [3.05, 3.63) is 77.4 Å². The smallest absolute Gasteiger partial charge is 0.328 e. The van der Waals surface area contributed by atoms with Gasteiger partial charge in [-0.3, -0.25) is 9.48 Å². The number of carbonyl (C=O) groups excluding carboxylic acids is 1. The third-order valence-electron chi connectivity index (χ3n) is 4.67. The quantitative estimate of drug-likeness (QED) is 0.403. The summed E-state index contributed by atoms with van der Waals surface area (Å²) in [6.07, 6.45) is 5.97. The van der Waals surface area contributed by atoms with E-state index in [0.717, 1.165) is 33.8 Å². The van der Waals surface area contributed by atoms with E-state index in [1.54, 1.807) is 30.2 Å². The van der Waals surface area contributed by atoms with Crippen molar-refractivity contribution in [3.8, 4) is 11.1 Å². The first-order chi connectivity index (χ1) is 13.9. The third-order valence-corrected chi connectivity index (χ3v) is 4.67. The summed E-state index contributed by atoms with van der Waals surface area (Å²) in [5.41, 5.74) is 4.83. The van der Waals surface area contributed by atoms with E-state index in [2.05, 4.69) is 15.1 Å². The summed E-state index contributed by atoms with van der Waals surface area (Å²) in [5.74, 6) is -1.15. The molecule has 0 saturated carbocycles. The molecular formula is C22H18N4O3. The topological polar surface area (TPSA) is 101 Å². The molecule has 29 heavy (non-hydrogen) atoms. The Kier molecular flexibility index (Phi) is 4.56. The Hall–Kier alpha value is -4.00. The lowest BCUT2D eigenvalue weighted by molar-refractivity contribution is -0.131. The lowest BCUT2D eigenvalue weighted by atomic mass is 9.97. The maximum Gasteiger partial charge on any atom is 0.328 e. The normalized spacial score (nSPS) is 11.4. The highest BCUT2D eigenvalue weighted by atomic mass is 16.4. The number of carboxylic acid groups (broad SMARTS) is 1. The number of aromatic nitrogens is 4. The van der Waals surface area contributed by atoms with Crippen LogP contribution in [0.25, 0.3) is 28.2 Å². The Balaban J connectivity index is 1.86. The van der Waals surface area contributed by atoms with Gasteiger partial charge < -0.3 is 10.1 Å². The average Bonchev–Trinajstić information content (AvgIpc) is 3.28. The molecule has 144 valence electrons. The summed E-state index contributed by atoms with van der Waals surface area (Å²) in [6, 6.07) is 11.1.